The van der Waals surface area contributed by atoms with Crippen molar-refractivity contribution in [3.8, 4) is 16.9 Å². The number of hydrogen-bond acceptors (Lipinski definition) is 2. The van der Waals surface area contributed by atoms with Gasteiger partial charge >= 0.3 is 0 Å². The van der Waals surface area contributed by atoms with Crippen molar-refractivity contribution in [3.63, 3.8) is 0 Å². The number of hydrogen-bond donors (Lipinski definition) is 1. The van der Waals surface area contributed by atoms with Crippen LogP contribution < -0.4 is 10.1 Å². The molecular weight excluding hydrogens is 378 g/mol. The summed E-state index contributed by atoms with van der Waals surface area (Å²) in [4.78, 5) is 12.5. The molecule has 3 rings (SSSR count). The predicted octanol–water partition coefficient (Wildman–Crippen LogP) is 5.52. The first-order valence-electron chi connectivity index (χ1n) is 8.01. The Hall–Kier alpha value is -2.59. The van der Waals surface area contributed by atoms with Gasteiger partial charge < -0.3 is 10.1 Å². The summed E-state index contributed by atoms with van der Waals surface area (Å²) in [6.45, 7) is 1.74. The van der Waals surface area contributed by atoms with E-state index in [0.717, 1.165) is 21.3 Å². The van der Waals surface area contributed by atoms with Crippen LogP contribution in [0.1, 0.15) is 6.92 Å². The van der Waals surface area contributed by atoms with Gasteiger partial charge in [0, 0.05) is 15.7 Å². The van der Waals surface area contributed by atoms with Gasteiger partial charge in [-0.1, -0.05) is 70.5 Å². The molecule has 4 heteroatoms. The Morgan fingerprint density at radius 2 is 1.68 bits per heavy atom. The zero-order valence-corrected chi connectivity index (χ0v) is 15.4. The number of carbonyl (C=O) groups is 1. The van der Waals surface area contributed by atoms with E-state index in [1.54, 1.807) is 6.92 Å². The molecule has 1 unspecified atom stereocenters. The fraction of sp³-hybridized carbons (Fsp3) is 0.0952. The van der Waals surface area contributed by atoms with E-state index in [-0.39, 0.29) is 5.91 Å². The summed E-state index contributed by atoms with van der Waals surface area (Å²) in [6.07, 6.45) is -0.613. The lowest BCUT2D eigenvalue weighted by Gasteiger charge is -2.17. The summed E-state index contributed by atoms with van der Waals surface area (Å²) < 4.78 is 6.64. The number of nitrogens with one attached hydrogen (secondary N) is 1. The number of ether oxygens (including phenoxy) is 1. The second kappa shape index (κ2) is 7.99. The number of rotatable bonds is 5. The van der Waals surface area contributed by atoms with E-state index < -0.39 is 6.10 Å². The molecule has 0 spiro atoms. The number of para-hydroxylation sites is 1. The molecule has 0 aliphatic heterocycles. The second-order valence-corrected chi connectivity index (χ2v) is 6.53. The van der Waals surface area contributed by atoms with Crippen LogP contribution in [0.25, 0.3) is 11.1 Å². The number of anilines is 1. The van der Waals surface area contributed by atoms with Crippen molar-refractivity contribution in [2.24, 2.45) is 0 Å². The van der Waals surface area contributed by atoms with Gasteiger partial charge in [0.2, 0.25) is 0 Å². The first-order valence-corrected chi connectivity index (χ1v) is 8.80. The Kier molecular flexibility index (Phi) is 5.51. The summed E-state index contributed by atoms with van der Waals surface area (Å²) in [5, 5.41) is 2.97. The van der Waals surface area contributed by atoms with Gasteiger partial charge in [0.15, 0.2) is 6.10 Å². The van der Waals surface area contributed by atoms with Crippen LogP contribution in [0, 0.1) is 0 Å². The lowest BCUT2D eigenvalue weighted by Crippen LogP contribution is -2.30. The number of carbonyl (C=O) groups excluding carboxylic acids is 1. The van der Waals surface area contributed by atoms with Crippen molar-refractivity contribution in [2.45, 2.75) is 13.0 Å². The van der Waals surface area contributed by atoms with E-state index in [4.69, 9.17) is 4.74 Å². The van der Waals surface area contributed by atoms with Crippen molar-refractivity contribution < 1.29 is 9.53 Å². The van der Waals surface area contributed by atoms with Gasteiger partial charge in [0.25, 0.3) is 5.91 Å². The summed E-state index contributed by atoms with van der Waals surface area (Å²) in [5.41, 5.74) is 2.80. The standard InChI is InChI=1S/C21H18BrNO2/c1-15(25-18-11-7-10-17(22)14-18)21(24)23-20-13-6-5-12-19(20)16-8-3-2-4-9-16/h2-15H,1H3,(H,23,24). The summed E-state index contributed by atoms with van der Waals surface area (Å²) in [6, 6.07) is 25.2. The molecule has 0 bridgehead atoms. The van der Waals surface area contributed by atoms with Crippen LogP contribution in [-0.4, -0.2) is 12.0 Å². The first-order chi connectivity index (χ1) is 12.1. The second-order valence-electron chi connectivity index (χ2n) is 5.62. The van der Waals surface area contributed by atoms with E-state index >= 15 is 0 Å². The quantitative estimate of drug-likeness (QED) is 0.617. The van der Waals surface area contributed by atoms with Crippen LogP contribution in [0.4, 0.5) is 5.69 Å². The molecule has 0 aromatic heterocycles. The van der Waals surface area contributed by atoms with Crippen molar-refractivity contribution in [2.75, 3.05) is 5.32 Å². The molecule has 126 valence electrons. The smallest absolute Gasteiger partial charge is 0.265 e. The van der Waals surface area contributed by atoms with E-state index in [0.29, 0.717) is 5.75 Å². The van der Waals surface area contributed by atoms with Gasteiger partial charge in [-0.3, -0.25) is 4.79 Å². The minimum Gasteiger partial charge on any atom is -0.481 e. The topological polar surface area (TPSA) is 38.3 Å². The Labute approximate surface area is 155 Å². The van der Waals surface area contributed by atoms with E-state index in [2.05, 4.69) is 21.2 Å². The average molecular weight is 396 g/mol. The van der Waals surface area contributed by atoms with Crippen LogP contribution in [0.15, 0.2) is 83.3 Å². The Morgan fingerprint density at radius 3 is 2.44 bits per heavy atom. The van der Waals surface area contributed by atoms with E-state index in [1.807, 2.05) is 78.9 Å². The molecule has 3 aromatic rings. The van der Waals surface area contributed by atoms with Gasteiger partial charge in [0.1, 0.15) is 5.75 Å². The summed E-state index contributed by atoms with van der Waals surface area (Å²) in [5.74, 6) is 0.455. The molecule has 0 fully saturated rings. The fourth-order valence-electron chi connectivity index (χ4n) is 2.49. The summed E-state index contributed by atoms with van der Waals surface area (Å²) >= 11 is 3.40. The Bertz CT molecular complexity index is 865. The van der Waals surface area contributed by atoms with Crippen LogP contribution in [0.5, 0.6) is 5.75 Å². The fourth-order valence-corrected chi connectivity index (χ4v) is 2.87. The SMILES string of the molecule is CC(Oc1cccc(Br)c1)C(=O)Nc1ccccc1-c1ccccc1. The molecule has 1 atom stereocenters. The minimum absolute atomic E-state index is 0.191. The van der Waals surface area contributed by atoms with E-state index in [1.165, 1.54) is 0 Å². The maximum atomic E-state index is 12.5. The molecular formula is C21H18BrNO2. The monoisotopic (exact) mass is 395 g/mol. The maximum absolute atomic E-state index is 12.5. The lowest BCUT2D eigenvalue weighted by molar-refractivity contribution is -0.122. The summed E-state index contributed by atoms with van der Waals surface area (Å²) in [7, 11) is 0. The molecule has 0 heterocycles. The molecule has 1 N–H and O–H groups in total. The largest absolute Gasteiger partial charge is 0.481 e. The molecule has 0 saturated carbocycles. The van der Waals surface area contributed by atoms with Crippen LogP contribution in [-0.2, 0) is 4.79 Å². The molecule has 25 heavy (non-hydrogen) atoms. The van der Waals surface area contributed by atoms with Crippen molar-refractivity contribution in [1.82, 2.24) is 0 Å². The van der Waals surface area contributed by atoms with Gasteiger partial charge in [0.05, 0.1) is 0 Å². The van der Waals surface area contributed by atoms with Gasteiger partial charge in [-0.25, -0.2) is 0 Å². The molecule has 3 nitrogen and oxygen atoms in total. The zero-order valence-electron chi connectivity index (χ0n) is 13.8. The van der Waals surface area contributed by atoms with Gasteiger partial charge in [-0.15, -0.1) is 0 Å². The van der Waals surface area contributed by atoms with E-state index in [9.17, 15) is 4.79 Å². The zero-order chi connectivity index (χ0) is 17.6. The maximum Gasteiger partial charge on any atom is 0.265 e. The Balaban J connectivity index is 1.75. The highest BCUT2D eigenvalue weighted by Crippen LogP contribution is 2.28. The third-order valence-electron chi connectivity index (χ3n) is 3.75. The number of amides is 1. The third-order valence-corrected chi connectivity index (χ3v) is 4.24. The number of halogens is 1. The van der Waals surface area contributed by atoms with Crippen molar-refractivity contribution >= 4 is 27.5 Å². The molecule has 0 aliphatic rings. The van der Waals surface area contributed by atoms with Gasteiger partial charge in [-0.05, 0) is 36.8 Å². The van der Waals surface area contributed by atoms with Crippen molar-refractivity contribution in [3.05, 3.63) is 83.3 Å². The van der Waals surface area contributed by atoms with Crippen LogP contribution in [0.2, 0.25) is 0 Å². The van der Waals surface area contributed by atoms with Crippen LogP contribution >= 0.6 is 15.9 Å². The highest BCUT2D eigenvalue weighted by atomic mass is 79.9. The normalized spacial score (nSPS) is 11.6. The minimum atomic E-state index is -0.613. The molecule has 1 amide bonds. The van der Waals surface area contributed by atoms with Crippen LogP contribution in [0.3, 0.4) is 0 Å². The Morgan fingerprint density at radius 1 is 0.960 bits per heavy atom. The molecule has 0 aliphatic carbocycles. The lowest BCUT2D eigenvalue weighted by atomic mass is 10.0. The third kappa shape index (κ3) is 4.48. The van der Waals surface area contributed by atoms with Gasteiger partial charge in [-0.2, -0.15) is 0 Å². The number of benzene rings is 3. The molecule has 0 saturated heterocycles. The molecule has 3 aromatic carbocycles. The highest BCUT2D eigenvalue weighted by Gasteiger charge is 2.16. The highest BCUT2D eigenvalue weighted by molar-refractivity contribution is 9.10. The predicted molar refractivity (Wildman–Crippen MR) is 105 cm³/mol. The first kappa shape index (κ1) is 17.2. The average Bonchev–Trinajstić information content (AvgIpc) is 2.63. The molecule has 0 radical (unpaired) electrons. The van der Waals surface area contributed by atoms with Crippen molar-refractivity contribution in [1.29, 1.82) is 0 Å².